The first kappa shape index (κ1) is 22.8. The summed E-state index contributed by atoms with van der Waals surface area (Å²) < 4.78 is 1.74. The van der Waals surface area contributed by atoms with Gasteiger partial charge in [0.2, 0.25) is 5.91 Å². The van der Waals surface area contributed by atoms with Crippen LogP contribution in [0, 0.1) is 0 Å². The van der Waals surface area contributed by atoms with E-state index in [0.717, 1.165) is 19.4 Å². The molecule has 1 aliphatic rings. The first-order valence-electron chi connectivity index (χ1n) is 11.0. The van der Waals surface area contributed by atoms with Crippen molar-refractivity contribution in [3.63, 3.8) is 0 Å². The van der Waals surface area contributed by atoms with Crippen LogP contribution in [0.1, 0.15) is 53.4 Å². The summed E-state index contributed by atoms with van der Waals surface area (Å²) in [5.74, 6) is 0.297. The van der Waals surface area contributed by atoms with Crippen molar-refractivity contribution in [3.05, 3.63) is 34.6 Å². The van der Waals surface area contributed by atoms with E-state index < -0.39 is 0 Å². The highest BCUT2D eigenvalue weighted by Crippen LogP contribution is 2.20. The molecule has 3 rings (SSSR count). The molecule has 0 atom stereocenters. The van der Waals surface area contributed by atoms with Gasteiger partial charge in [0, 0.05) is 31.2 Å². The molecule has 1 aliphatic carbocycles. The SMILES string of the molecule is CC(C)N(CCn1c(SCC(=O)NC2CCCC2)nc2ccccc2c1=O)C(C)C. The van der Waals surface area contributed by atoms with Crippen molar-refractivity contribution < 1.29 is 4.79 Å². The van der Waals surface area contributed by atoms with Crippen LogP contribution in [0.4, 0.5) is 0 Å². The molecule has 1 N–H and O–H groups in total. The van der Waals surface area contributed by atoms with Crippen LogP contribution in [0.25, 0.3) is 10.9 Å². The summed E-state index contributed by atoms with van der Waals surface area (Å²) in [6, 6.07) is 8.52. The number of para-hydroxylation sites is 1. The number of thioether (sulfide) groups is 1. The average molecular weight is 431 g/mol. The van der Waals surface area contributed by atoms with Crippen molar-refractivity contribution in [2.75, 3.05) is 12.3 Å². The number of aromatic nitrogens is 2. The van der Waals surface area contributed by atoms with Crippen molar-refractivity contribution in [1.82, 2.24) is 19.8 Å². The lowest BCUT2D eigenvalue weighted by atomic mass is 10.2. The highest BCUT2D eigenvalue weighted by Gasteiger charge is 2.19. The van der Waals surface area contributed by atoms with Crippen LogP contribution < -0.4 is 10.9 Å². The summed E-state index contributed by atoms with van der Waals surface area (Å²) in [6.45, 7) is 10.0. The number of amides is 1. The minimum absolute atomic E-state index is 0.0202. The normalized spacial score (nSPS) is 15.0. The summed E-state index contributed by atoms with van der Waals surface area (Å²) in [7, 11) is 0. The number of hydrogen-bond acceptors (Lipinski definition) is 5. The Labute approximate surface area is 183 Å². The predicted octanol–water partition coefficient (Wildman–Crippen LogP) is 3.67. The molecule has 7 heteroatoms. The second-order valence-corrected chi connectivity index (χ2v) is 9.57. The molecule has 0 aliphatic heterocycles. The van der Waals surface area contributed by atoms with Gasteiger partial charge in [-0.25, -0.2) is 4.98 Å². The van der Waals surface area contributed by atoms with E-state index in [1.165, 1.54) is 24.6 Å². The van der Waals surface area contributed by atoms with Crippen LogP contribution in [-0.4, -0.2) is 50.8 Å². The first-order valence-corrected chi connectivity index (χ1v) is 12.0. The van der Waals surface area contributed by atoms with Crippen molar-refractivity contribution in [3.8, 4) is 0 Å². The van der Waals surface area contributed by atoms with Gasteiger partial charge in [-0.1, -0.05) is 36.7 Å². The van der Waals surface area contributed by atoms with E-state index in [-0.39, 0.29) is 17.2 Å². The van der Waals surface area contributed by atoms with Crippen LogP contribution in [-0.2, 0) is 11.3 Å². The van der Waals surface area contributed by atoms with Crippen LogP contribution in [0.2, 0.25) is 0 Å². The van der Waals surface area contributed by atoms with Gasteiger partial charge in [-0.3, -0.25) is 19.1 Å². The van der Waals surface area contributed by atoms with Gasteiger partial charge in [-0.2, -0.15) is 0 Å². The third-order valence-corrected chi connectivity index (χ3v) is 6.76. The minimum atomic E-state index is -0.0354. The molecule has 1 aromatic carbocycles. The van der Waals surface area contributed by atoms with Crippen LogP contribution in [0.15, 0.2) is 34.2 Å². The highest BCUT2D eigenvalue weighted by molar-refractivity contribution is 7.99. The fraction of sp³-hybridized carbons (Fsp3) is 0.609. The van der Waals surface area contributed by atoms with Crippen molar-refractivity contribution in [2.24, 2.45) is 0 Å². The number of rotatable bonds is 9. The van der Waals surface area contributed by atoms with Crippen molar-refractivity contribution in [1.29, 1.82) is 0 Å². The van der Waals surface area contributed by atoms with Gasteiger partial charge in [-0.15, -0.1) is 0 Å². The Morgan fingerprint density at radius 1 is 1.20 bits per heavy atom. The van der Waals surface area contributed by atoms with E-state index in [0.29, 0.717) is 40.7 Å². The van der Waals surface area contributed by atoms with Crippen LogP contribution >= 0.6 is 11.8 Å². The number of hydrogen-bond donors (Lipinski definition) is 1. The smallest absolute Gasteiger partial charge is 0.262 e. The third-order valence-electron chi connectivity index (χ3n) is 5.79. The van der Waals surface area contributed by atoms with Gasteiger partial charge in [0.25, 0.3) is 5.56 Å². The van der Waals surface area contributed by atoms with E-state index in [4.69, 9.17) is 4.98 Å². The van der Waals surface area contributed by atoms with Gasteiger partial charge < -0.3 is 5.32 Å². The molecule has 1 fully saturated rings. The molecule has 0 spiro atoms. The molecule has 0 saturated heterocycles. The molecular formula is C23H34N4O2S. The lowest BCUT2D eigenvalue weighted by Crippen LogP contribution is -2.40. The molecule has 30 heavy (non-hydrogen) atoms. The molecule has 6 nitrogen and oxygen atoms in total. The monoisotopic (exact) mass is 430 g/mol. The molecule has 0 unspecified atom stereocenters. The van der Waals surface area contributed by atoms with Gasteiger partial charge >= 0.3 is 0 Å². The van der Waals surface area contributed by atoms with Crippen molar-refractivity contribution in [2.45, 2.75) is 83.2 Å². The summed E-state index contributed by atoms with van der Waals surface area (Å²) in [4.78, 5) is 32.7. The standard InChI is InChI=1S/C23H34N4O2S/c1-16(2)26(17(3)4)13-14-27-22(29)19-11-7-8-12-20(19)25-23(27)30-15-21(28)24-18-9-5-6-10-18/h7-8,11-12,16-18H,5-6,9-10,13-15H2,1-4H3,(H,24,28). The number of fused-ring (bicyclic) bond motifs is 1. The predicted molar refractivity (Wildman–Crippen MR) is 124 cm³/mol. The summed E-state index contributed by atoms with van der Waals surface area (Å²) in [6.07, 6.45) is 4.50. The zero-order chi connectivity index (χ0) is 21.7. The Bertz CT molecular complexity index is 911. The van der Waals surface area contributed by atoms with Gasteiger partial charge in [0.1, 0.15) is 0 Å². The fourth-order valence-electron chi connectivity index (χ4n) is 4.25. The Hall–Kier alpha value is -1.86. The number of benzene rings is 1. The van der Waals surface area contributed by atoms with E-state index >= 15 is 0 Å². The zero-order valence-corrected chi connectivity index (χ0v) is 19.4. The number of carbonyl (C=O) groups excluding carboxylic acids is 1. The second kappa shape index (κ2) is 10.4. The Balaban J connectivity index is 1.81. The van der Waals surface area contributed by atoms with Gasteiger partial charge in [0.15, 0.2) is 5.16 Å². The Morgan fingerprint density at radius 2 is 1.87 bits per heavy atom. The molecule has 1 amide bonds. The quantitative estimate of drug-likeness (QED) is 0.486. The lowest BCUT2D eigenvalue weighted by Gasteiger charge is -2.30. The summed E-state index contributed by atoms with van der Waals surface area (Å²) in [5.41, 5.74) is 0.647. The highest BCUT2D eigenvalue weighted by atomic mass is 32.2. The molecule has 1 saturated carbocycles. The summed E-state index contributed by atoms with van der Waals surface area (Å²) >= 11 is 1.36. The largest absolute Gasteiger partial charge is 0.353 e. The molecule has 164 valence electrons. The Kier molecular flexibility index (Phi) is 7.94. The number of carbonyl (C=O) groups is 1. The molecular weight excluding hydrogens is 396 g/mol. The van der Waals surface area contributed by atoms with Crippen molar-refractivity contribution >= 4 is 28.6 Å². The third kappa shape index (κ3) is 5.64. The van der Waals surface area contributed by atoms with E-state index in [2.05, 4.69) is 37.9 Å². The number of nitrogens with zero attached hydrogens (tertiary/aromatic N) is 3. The van der Waals surface area contributed by atoms with Gasteiger partial charge in [0.05, 0.1) is 16.7 Å². The minimum Gasteiger partial charge on any atom is -0.353 e. The topological polar surface area (TPSA) is 67.2 Å². The maximum atomic E-state index is 13.2. The molecule has 1 heterocycles. The lowest BCUT2D eigenvalue weighted by molar-refractivity contribution is -0.119. The van der Waals surface area contributed by atoms with Crippen LogP contribution in [0.5, 0.6) is 0 Å². The van der Waals surface area contributed by atoms with E-state index in [1.807, 2.05) is 24.3 Å². The Morgan fingerprint density at radius 3 is 2.53 bits per heavy atom. The maximum Gasteiger partial charge on any atom is 0.262 e. The molecule has 1 aromatic heterocycles. The average Bonchev–Trinajstić information content (AvgIpc) is 3.20. The molecule has 2 aromatic rings. The van der Waals surface area contributed by atoms with E-state index in [9.17, 15) is 9.59 Å². The summed E-state index contributed by atoms with van der Waals surface area (Å²) in [5, 5.41) is 4.36. The molecule has 0 radical (unpaired) electrons. The molecule has 0 bridgehead atoms. The fourth-order valence-corrected chi connectivity index (χ4v) is 5.09. The number of nitrogens with one attached hydrogen (secondary N) is 1. The van der Waals surface area contributed by atoms with E-state index in [1.54, 1.807) is 4.57 Å². The maximum absolute atomic E-state index is 13.2. The van der Waals surface area contributed by atoms with Crippen LogP contribution in [0.3, 0.4) is 0 Å². The second-order valence-electron chi connectivity index (χ2n) is 8.63. The zero-order valence-electron chi connectivity index (χ0n) is 18.6. The first-order chi connectivity index (χ1) is 14.4. The van der Waals surface area contributed by atoms with Gasteiger partial charge in [-0.05, 0) is 52.7 Å².